The van der Waals surface area contributed by atoms with Gasteiger partial charge in [0, 0.05) is 21.1 Å². The first kappa shape index (κ1) is 11.6. The van der Waals surface area contributed by atoms with Crippen LogP contribution in [0.4, 0.5) is 0 Å². The molecule has 0 radical (unpaired) electrons. The molecular weight excluding hydrogens is 220 g/mol. The maximum atomic E-state index is 7.54. The molecule has 0 aromatic heterocycles. The van der Waals surface area contributed by atoms with Crippen LogP contribution in [0.25, 0.3) is 0 Å². The van der Waals surface area contributed by atoms with E-state index in [9.17, 15) is 0 Å². The summed E-state index contributed by atoms with van der Waals surface area (Å²) >= 11 is 3.15. The van der Waals surface area contributed by atoms with Crippen LogP contribution in [0.2, 0.25) is 0 Å². The quantitative estimate of drug-likeness (QED) is 0.248. The fraction of sp³-hybridized carbons (Fsp3) is 0.571. The van der Waals surface area contributed by atoms with E-state index in [0.717, 1.165) is 0 Å². The van der Waals surface area contributed by atoms with Gasteiger partial charge in [0.05, 0.1) is 4.95 Å². The van der Waals surface area contributed by atoms with Crippen molar-refractivity contribution in [3.63, 3.8) is 0 Å². The van der Waals surface area contributed by atoms with E-state index in [0.29, 0.717) is 5.84 Å². The Hall–Kier alpha value is -0.390. The molecule has 0 saturated carbocycles. The summed E-state index contributed by atoms with van der Waals surface area (Å²) in [7, 11) is 5.55. The average Bonchev–Trinajstić information content (AvgIpc) is 1.98. The Morgan fingerprint density at radius 2 is 2.00 bits per heavy atom. The van der Waals surface area contributed by atoms with Crippen LogP contribution in [0, 0.1) is 5.41 Å². The molecule has 0 rings (SSSR count). The Morgan fingerprint density at radius 3 is 2.33 bits per heavy atom. The van der Waals surface area contributed by atoms with Gasteiger partial charge in [-0.15, -0.1) is 0 Å². The molecule has 0 fully saturated rings. The van der Waals surface area contributed by atoms with E-state index in [-0.39, 0.29) is 4.95 Å². The highest BCUT2D eigenvalue weighted by atomic mass is 79.9. The Balaban J connectivity index is 4.04. The number of amidine groups is 1. The smallest absolute Gasteiger partial charge is 0.134 e. The van der Waals surface area contributed by atoms with Crippen molar-refractivity contribution in [2.45, 2.75) is 4.95 Å². The van der Waals surface area contributed by atoms with Crippen LogP contribution in [0.5, 0.6) is 0 Å². The Morgan fingerprint density at radius 1 is 1.50 bits per heavy atom. The number of alkyl halides is 1. The Labute approximate surface area is 81.6 Å². The van der Waals surface area contributed by atoms with E-state index in [1.54, 1.807) is 17.2 Å². The lowest BCUT2D eigenvalue weighted by Gasteiger charge is -2.24. The summed E-state index contributed by atoms with van der Waals surface area (Å²) in [6.07, 6.45) is 3.36. The fourth-order valence-electron chi connectivity index (χ4n) is 0.506. The zero-order valence-electron chi connectivity index (χ0n) is 7.58. The summed E-state index contributed by atoms with van der Waals surface area (Å²) in [6, 6.07) is 0. The topological polar surface area (TPSA) is 56.4 Å². The standard InChI is InChI=1S/C7H15BrN4/c1-11(2)12(3)7(10)5-4-6(8)9/h4-6,10H,9H2,1-3H3/b5-4-,10-7?. The van der Waals surface area contributed by atoms with Crippen molar-refractivity contribution in [1.29, 1.82) is 5.41 Å². The Kier molecular flexibility index (Phi) is 5.12. The van der Waals surface area contributed by atoms with Gasteiger partial charge in [0.25, 0.3) is 0 Å². The molecule has 0 heterocycles. The Bertz CT molecular complexity index is 176. The van der Waals surface area contributed by atoms with Crippen LogP contribution in [-0.2, 0) is 0 Å². The van der Waals surface area contributed by atoms with E-state index in [1.165, 1.54) is 0 Å². The van der Waals surface area contributed by atoms with Gasteiger partial charge in [0.1, 0.15) is 5.84 Å². The number of rotatable bonds is 3. The number of nitrogens with two attached hydrogens (primary N) is 1. The molecule has 1 atom stereocenters. The highest BCUT2D eigenvalue weighted by molar-refractivity contribution is 9.09. The summed E-state index contributed by atoms with van der Waals surface area (Å²) in [5, 5.41) is 11.1. The van der Waals surface area contributed by atoms with Crippen molar-refractivity contribution in [3.05, 3.63) is 12.2 Å². The van der Waals surface area contributed by atoms with Crippen molar-refractivity contribution in [3.8, 4) is 0 Å². The molecule has 12 heavy (non-hydrogen) atoms. The third kappa shape index (κ3) is 4.48. The van der Waals surface area contributed by atoms with E-state index in [4.69, 9.17) is 11.1 Å². The molecular formula is C7H15BrN4. The van der Waals surface area contributed by atoms with E-state index >= 15 is 0 Å². The van der Waals surface area contributed by atoms with Crippen LogP contribution >= 0.6 is 15.9 Å². The number of nitrogens with one attached hydrogen (secondary N) is 1. The first-order valence-electron chi connectivity index (χ1n) is 3.52. The molecule has 0 aliphatic heterocycles. The second-order valence-corrected chi connectivity index (χ2v) is 3.62. The fourth-order valence-corrected chi connectivity index (χ4v) is 0.659. The van der Waals surface area contributed by atoms with Gasteiger partial charge < -0.3 is 5.73 Å². The highest BCUT2D eigenvalue weighted by Crippen LogP contribution is 1.94. The van der Waals surface area contributed by atoms with Crippen molar-refractivity contribution >= 4 is 21.8 Å². The minimum Gasteiger partial charge on any atom is -0.316 e. The van der Waals surface area contributed by atoms with Crippen LogP contribution in [0.3, 0.4) is 0 Å². The van der Waals surface area contributed by atoms with Crippen molar-refractivity contribution in [2.24, 2.45) is 5.73 Å². The van der Waals surface area contributed by atoms with Crippen molar-refractivity contribution < 1.29 is 0 Å². The zero-order chi connectivity index (χ0) is 9.72. The van der Waals surface area contributed by atoms with E-state index in [2.05, 4.69) is 15.9 Å². The maximum Gasteiger partial charge on any atom is 0.134 e. The molecule has 0 aliphatic rings. The lowest BCUT2D eigenvalue weighted by atomic mass is 10.4. The molecule has 3 N–H and O–H groups in total. The lowest BCUT2D eigenvalue weighted by molar-refractivity contribution is 0.145. The van der Waals surface area contributed by atoms with Crippen molar-refractivity contribution in [2.75, 3.05) is 21.1 Å². The second-order valence-electron chi connectivity index (χ2n) is 2.56. The summed E-state index contributed by atoms with van der Waals surface area (Å²) in [5.41, 5.74) is 5.42. The molecule has 0 aromatic rings. The van der Waals surface area contributed by atoms with Crippen LogP contribution in [0.1, 0.15) is 0 Å². The van der Waals surface area contributed by atoms with Gasteiger partial charge in [0.2, 0.25) is 0 Å². The van der Waals surface area contributed by atoms with E-state index < -0.39 is 0 Å². The molecule has 0 aliphatic carbocycles. The van der Waals surface area contributed by atoms with Gasteiger partial charge in [-0.1, -0.05) is 22.0 Å². The number of halogens is 1. The number of hydrogen-bond acceptors (Lipinski definition) is 3. The van der Waals surface area contributed by atoms with Gasteiger partial charge in [-0.3, -0.25) is 10.4 Å². The summed E-state index contributed by atoms with van der Waals surface area (Å²) in [4.78, 5) is -0.187. The molecule has 0 aromatic carbocycles. The van der Waals surface area contributed by atoms with Crippen LogP contribution in [0.15, 0.2) is 12.2 Å². The van der Waals surface area contributed by atoms with Gasteiger partial charge in [-0.25, -0.2) is 5.01 Å². The normalized spacial score (nSPS) is 13.8. The summed E-state index contributed by atoms with van der Waals surface area (Å²) < 4.78 is 0. The molecule has 1 unspecified atom stereocenters. The molecule has 4 nitrogen and oxygen atoms in total. The first-order chi connectivity index (χ1) is 5.45. The molecule has 5 heteroatoms. The molecule has 0 spiro atoms. The molecule has 0 saturated heterocycles. The minimum atomic E-state index is -0.187. The van der Waals surface area contributed by atoms with Crippen LogP contribution in [-0.4, -0.2) is 41.9 Å². The van der Waals surface area contributed by atoms with Gasteiger partial charge in [-0.2, -0.15) is 0 Å². The minimum absolute atomic E-state index is 0.187. The molecule has 70 valence electrons. The largest absolute Gasteiger partial charge is 0.316 e. The van der Waals surface area contributed by atoms with Gasteiger partial charge in [0.15, 0.2) is 0 Å². The zero-order valence-corrected chi connectivity index (χ0v) is 9.17. The van der Waals surface area contributed by atoms with Crippen LogP contribution < -0.4 is 5.73 Å². The number of likely N-dealkylation sites (N-methyl/N-ethyl adjacent to an activating group) is 1. The molecule has 0 amide bonds. The maximum absolute atomic E-state index is 7.54. The predicted molar refractivity (Wildman–Crippen MR) is 55.2 cm³/mol. The van der Waals surface area contributed by atoms with Gasteiger partial charge >= 0.3 is 0 Å². The third-order valence-corrected chi connectivity index (χ3v) is 1.69. The van der Waals surface area contributed by atoms with Gasteiger partial charge in [-0.05, 0) is 6.08 Å². The predicted octanol–water partition coefficient (Wildman–Crippen LogP) is 0.608. The monoisotopic (exact) mass is 234 g/mol. The average molecular weight is 235 g/mol. The summed E-state index contributed by atoms with van der Waals surface area (Å²) in [6.45, 7) is 0. The molecule has 0 bridgehead atoms. The van der Waals surface area contributed by atoms with Crippen molar-refractivity contribution in [1.82, 2.24) is 10.0 Å². The summed E-state index contributed by atoms with van der Waals surface area (Å²) in [5.74, 6) is 0.398. The van der Waals surface area contributed by atoms with E-state index in [1.807, 2.05) is 26.2 Å². The highest BCUT2D eigenvalue weighted by Gasteiger charge is 2.01. The third-order valence-electron chi connectivity index (χ3n) is 1.39. The second kappa shape index (κ2) is 5.29. The lowest BCUT2D eigenvalue weighted by Crippen LogP contribution is -2.37. The number of nitrogens with zero attached hydrogens (tertiary/aromatic N) is 2. The number of hydrogen-bond donors (Lipinski definition) is 2. The number of hydrazine groups is 1. The SMILES string of the molecule is CN(C)N(C)C(=N)/C=C\C(N)Br. The first-order valence-corrected chi connectivity index (χ1v) is 4.44.